The van der Waals surface area contributed by atoms with Gasteiger partial charge >= 0.3 is 0 Å². The molecule has 2 N–H and O–H groups in total. The number of benzene rings is 1. The van der Waals surface area contributed by atoms with Crippen LogP contribution in [0.2, 0.25) is 0 Å². The molecule has 4 heteroatoms. The smallest absolute Gasteiger partial charge is 0.173 e. The van der Waals surface area contributed by atoms with Gasteiger partial charge in [0, 0.05) is 5.69 Å². The summed E-state index contributed by atoms with van der Waals surface area (Å²) in [4.78, 5) is 3.97. The normalized spacial score (nSPS) is 16.4. The minimum Gasteiger partial charge on any atom is -0.338 e. The number of quaternary nitrogens is 1. The van der Waals surface area contributed by atoms with Crippen molar-refractivity contribution in [2.75, 3.05) is 38.0 Å². The zero-order valence-electron chi connectivity index (χ0n) is 11.9. The molecule has 0 unspecified atom stereocenters. The van der Waals surface area contributed by atoms with E-state index in [-0.39, 0.29) is 0 Å². The van der Waals surface area contributed by atoms with E-state index in [1.807, 2.05) is 0 Å². The number of likely N-dealkylation sites (N-methyl/N-ethyl adjacent to an activating group) is 1. The summed E-state index contributed by atoms with van der Waals surface area (Å²) >= 11 is 5.54. The van der Waals surface area contributed by atoms with Crippen LogP contribution in [-0.2, 0) is 6.42 Å². The lowest BCUT2D eigenvalue weighted by atomic mass is 10.1. The summed E-state index contributed by atoms with van der Waals surface area (Å²) in [6.07, 6.45) is 1.03. The number of nitrogens with zero attached hydrogens (tertiary/aromatic N) is 1. The molecule has 1 saturated heterocycles. The highest BCUT2D eigenvalue weighted by Crippen LogP contribution is 2.16. The van der Waals surface area contributed by atoms with Crippen molar-refractivity contribution >= 4 is 23.0 Å². The van der Waals surface area contributed by atoms with Crippen LogP contribution in [0.25, 0.3) is 0 Å². The highest BCUT2D eigenvalue weighted by molar-refractivity contribution is 7.80. The largest absolute Gasteiger partial charge is 0.338 e. The lowest BCUT2D eigenvalue weighted by molar-refractivity contribution is -0.902. The monoisotopic (exact) mass is 278 g/mol. The Morgan fingerprint density at radius 3 is 2.58 bits per heavy atom. The molecule has 0 spiro atoms. The molecule has 0 aliphatic carbocycles. The van der Waals surface area contributed by atoms with Crippen molar-refractivity contribution in [3.05, 3.63) is 29.8 Å². The Bertz CT molecular complexity index is 425. The number of anilines is 1. The maximum absolute atomic E-state index is 5.54. The first kappa shape index (κ1) is 14.3. The number of piperazine rings is 1. The van der Waals surface area contributed by atoms with Crippen LogP contribution in [0.4, 0.5) is 5.69 Å². The lowest BCUT2D eigenvalue weighted by Gasteiger charge is -2.33. The van der Waals surface area contributed by atoms with E-state index < -0.39 is 0 Å². The molecule has 0 radical (unpaired) electrons. The Labute approximate surface area is 121 Å². The van der Waals surface area contributed by atoms with Gasteiger partial charge in [-0.15, -0.1) is 0 Å². The summed E-state index contributed by atoms with van der Waals surface area (Å²) in [5.74, 6) is 0. The van der Waals surface area contributed by atoms with Crippen LogP contribution in [0.1, 0.15) is 19.4 Å². The molecule has 1 aromatic rings. The Morgan fingerprint density at radius 2 is 1.95 bits per heavy atom. The van der Waals surface area contributed by atoms with Gasteiger partial charge in [0.05, 0.1) is 32.7 Å². The molecule has 2 rings (SSSR count). The van der Waals surface area contributed by atoms with E-state index >= 15 is 0 Å². The van der Waals surface area contributed by atoms with E-state index in [2.05, 4.69) is 48.3 Å². The van der Waals surface area contributed by atoms with Gasteiger partial charge in [-0.05, 0) is 37.2 Å². The van der Waals surface area contributed by atoms with Crippen LogP contribution in [0.5, 0.6) is 0 Å². The van der Waals surface area contributed by atoms with Gasteiger partial charge in [0.25, 0.3) is 0 Å². The van der Waals surface area contributed by atoms with Crippen molar-refractivity contribution in [2.45, 2.75) is 20.3 Å². The fourth-order valence-corrected chi connectivity index (χ4v) is 2.82. The van der Waals surface area contributed by atoms with Crippen molar-refractivity contribution in [2.24, 2.45) is 0 Å². The zero-order valence-corrected chi connectivity index (χ0v) is 12.7. The standard InChI is InChI=1S/C15H23N3S/c1-3-13-7-5-6-8-14(13)16-15(19)18-11-9-17(4-2)10-12-18/h5-8H,3-4,9-12H2,1-2H3,(H,16,19)/p+1. The number of hydrogen-bond acceptors (Lipinski definition) is 1. The van der Waals surface area contributed by atoms with Crippen molar-refractivity contribution < 1.29 is 4.90 Å². The number of hydrogen-bond donors (Lipinski definition) is 2. The SMILES string of the molecule is CCc1ccccc1NC(=S)N1CC[NH+](CC)CC1. The van der Waals surface area contributed by atoms with E-state index in [1.54, 1.807) is 4.90 Å². The number of para-hydroxylation sites is 1. The minimum atomic E-state index is 0.871. The molecule has 0 amide bonds. The van der Waals surface area contributed by atoms with Gasteiger partial charge in [0.2, 0.25) is 0 Å². The fraction of sp³-hybridized carbons (Fsp3) is 0.533. The maximum Gasteiger partial charge on any atom is 0.173 e. The zero-order chi connectivity index (χ0) is 13.7. The lowest BCUT2D eigenvalue weighted by Crippen LogP contribution is -3.14. The second kappa shape index (κ2) is 6.87. The summed E-state index contributed by atoms with van der Waals surface area (Å²) in [6.45, 7) is 10.1. The van der Waals surface area contributed by atoms with Crippen molar-refractivity contribution in [3.8, 4) is 0 Å². The molecule has 104 valence electrons. The Morgan fingerprint density at radius 1 is 1.26 bits per heavy atom. The minimum absolute atomic E-state index is 0.871. The molecule has 0 saturated carbocycles. The fourth-order valence-electron chi connectivity index (χ4n) is 2.52. The topological polar surface area (TPSA) is 19.7 Å². The molecule has 0 atom stereocenters. The quantitative estimate of drug-likeness (QED) is 0.810. The van der Waals surface area contributed by atoms with Crippen LogP contribution in [0, 0.1) is 0 Å². The summed E-state index contributed by atoms with van der Waals surface area (Å²) in [6, 6.07) is 8.41. The number of rotatable bonds is 3. The average molecular weight is 278 g/mol. The van der Waals surface area contributed by atoms with Gasteiger partial charge in [-0.1, -0.05) is 25.1 Å². The van der Waals surface area contributed by atoms with E-state index in [0.29, 0.717) is 0 Å². The molecule has 1 aliphatic rings. The van der Waals surface area contributed by atoms with Gasteiger partial charge in [-0.3, -0.25) is 0 Å². The summed E-state index contributed by atoms with van der Waals surface area (Å²) in [7, 11) is 0. The van der Waals surface area contributed by atoms with Gasteiger partial charge in [-0.2, -0.15) is 0 Å². The molecule has 1 aliphatic heterocycles. The van der Waals surface area contributed by atoms with E-state index in [0.717, 1.165) is 30.3 Å². The summed E-state index contributed by atoms with van der Waals surface area (Å²) < 4.78 is 0. The molecular formula is C15H24N3S+. The highest BCUT2D eigenvalue weighted by Gasteiger charge is 2.20. The molecule has 0 aromatic heterocycles. The third-order valence-electron chi connectivity index (χ3n) is 3.90. The van der Waals surface area contributed by atoms with Gasteiger partial charge in [0.1, 0.15) is 0 Å². The molecular weight excluding hydrogens is 254 g/mol. The molecule has 19 heavy (non-hydrogen) atoms. The van der Waals surface area contributed by atoms with Crippen LogP contribution in [0.15, 0.2) is 24.3 Å². The third kappa shape index (κ3) is 3.67. The van der Waals surface area contributed by atoms with Crippen LogP contribution in [0.3, 0.4) is 0 Å². The molecule has 1 fully saturated rings. The van der Waals surface area contributed by atoms with Crippen LogP contribution < -0.4 is 10.2 Å². The maximum atomic E-state index is 5.54. The second-order valence-corrected chi connectivity index (χ2v) is 5.42. The van der Waals surface area contributed by atoms with Crippen molar-refractivity contribution in [3.63, 3.8) is 0 Å². The van der Waals surface area contributed by atoms with Crippen LogP contribution in [-0.4, -0.2) is 42.7 Å². The van der Waals surface area contributed by atoms with Gasteiger partial charge < -0.3 is 15.1 Å². The first-order valence-corrected chi connectivity index (χ1v) is 7.62. The number of thiocarbonyl (C=S) groups is 1. The molecule has 3 nitrogen and oxygen atoms in total. The van der Waals surface area contributed by atoms with Crippen LogP contribution >= 0.6 is 12.2 Å². The van der Waals surface area contributed by atoms with Gasteiger partial charge in [0.15, 0.2) is 5.11 Å². The molecule has 1 aromatic carbocycles. The Kier molecular flexibility index (Phi) is 5.16. The predicted octanol–water partition coefficient (Wildman–Crippen LogP) is 1.17. The first-order valence-electron chi connectivity index (χ1n) is 7.22. The van der Waals surface area contributed by atoms with E-state index in [4.69, 9.17) is 12.2 Å². The summed E-state index contributed by atoms with van der Waals surface area (Å²) in [5, 5.41) is 4.28. The summed E-state index contributed by atoms with van der Waals surface area (Å²) in [5.41, 5.74) is 2.47. The Hall–Kier alpha value is -1.13. The molecule has 1 heterocycles. The number of aryl methyl sites for hydroxylation is 1. The second-order valence-electron chi connectivity index (χ2n) is 5.03. The van der Waals surface area contributed by atoms with E-state index in [1.165, 1.54) is 25.2 Å². The van der Waals surface area contributed by atoms with E-state index in [9.17, 15) is 0 Å². The Balaban J connectivity index is 1.94. The highest BCUT2D eigenvalue weighted by atomic mass is 32.1. The predicted molar refractivity (Wildman–Crippen MR) is 84.9 cm³/mol. The van der Waals surface area contributed by atoms with Crippen molar-refractivity contribution in [1.82, 2.24) is 4.90 Å². The number of nitrogens with one attached hydrogen (secondary N) is 2. The van der Waals surface area contributed by atoms with Gasteiger partial charge in [-0.25, -0.2) is 0 Å². The average Bonchev–Trinajstić information content (AvgIpc) is 2.48. The molecule has 0 bridgehead atoms. The third-order valence-corrected chi connectivity index (χ3v) is 4.26. The first-order chi connectivity index (χ1) is 9.24. The van der Waals surface area contributed by atoms with Crippen molar-refractivity contribution in [1.29, 1.82) is 0 Å².